The zero-order valence-corrected chi connectivity index (χ0v) is 9.57. The van der Waals surface area contributed by atoms with E-state index in [1.807, 2.05) is 0 Å². The molecule has 0 radical (unpaired) electrons. The summed E-state index contributed by atoms with van der Waals surface area (Å²) in [5.41, 5.74) is 1.21. The van der Waals surface area contributed by atoms with Crippen LogP contribution in [0, 0.1) is 5.82 Å². The van der Waals surface area contributed by atoms with Crippen molar-refractivity contribution in [1.29, 1.82) is 0 Å². The molecule has 0 saturated heterocycles. The Bertz CT molecular complexity index is 531. The molecular formula is C12H12FN3O. The van der Waals surface area contributed by atoms with E-state index in [1.54, 1.807) is 19.2 Å². The van der Waals surface area contributed by atoms with Gasteiger partial charge in [0, 0.05) is 12.6 Å². The van der Waals surface area contributed by atoms with Gasteiger partial charge >= 0.3 is 0 Å². The minimum atomic E-state index is -0.311. The van der Waals surface area contributed by atoms with E-state index >= 15 is 0 Å². The van der Waals surface area contributed by atoms with Crippen molar-refractivity contribution < 1.29 is 9.13 Å². The van der Waals surface area contributed by atoms with Gasteiger partial charge in [0.1, 0.15) is 17.8 Å². The monoisotopic (exact) mass is 233 g/mol. The predicted octanol–water partition coefficient (Wildman–Crippen LogP) is 2.33. The van der Waals surface area contributed by atoms with Gasteiger partial charge in [0.15, 0.2) is 11.6 Å². The second-order valence-corrected chi connectivity index (χ2v) is 3.36. The molecule has 1 aromatic carbocycles. The summed E-state index contributed by atoms with van der Waals surface area (Å²) in [5.74, 6) is 0.761. The molecule has 1 heterocycles. The summed E-state index contributed by atoms with van der Waals surface area (Å²) in [6.07, 6.45) is 1.41. The molecule has 4 nitrogen and oxygen atoms in total. The SMILES string of the molecule is CNc1ncnc(-c2cccc(F)c2)c1OC. The number of nitrogens with zero attached hydrogens (tertiary/aromatic N) is 2. The van der Waals surface area contributed by atoms with Crippen molar-refractivity contribution in [3.05, 3.63) is 36.4 Å². The van der Waals surface area contributed by atoms with E-state index in [4.69, 9.17) is 4.74 Å². The van der Waals surface area contributed by atoms with Crippen LogP contribution in [0.5, 0.6) is 5.75 Å². The van der Waals surface area contributed by atoms with Crippen LogP contribution in [-0.2, 0) is 0 Å². The molecule has 2 aromatic rings. The van der Waals surface area contributed by atoms with Crippen LogP contribution >= 0.6 is 0 Å². The number of nitrogens with one attached hydrogen (secondary N) is 1. The van der Waals surface area contributed by atoms with Crippen molar-refractivity contribution in [2.24, 2.45) is 0 Å². The van der Waals surface area contributed by atoms with Gasteiger partial charge in [-0.25, -0.2) is 14.4 Å². The Hall–Kier alpha value is -2.17. The Kier molecular flexibility index (Phi) is 3.18. The standard InChI is InChI=1S/C12H12FN3O/c1-14-12-11(17-2)10(15-7-16-12)8-4-3-5-9(13)6-8/h3-7H,1-2H3,(H,14,15,16). The molecule has 0 saturated carbocycles. The Morgan fingerprint density at radius 2 is 2.12 bits per heavy atom. The largest absolute Gasteiger partial charge is 0.491 e. The molecule has 0 bridgehead atoms. The van der Waals surface area contributed by atoms with Crippen molar-refractivity contribution in [1.82, 2.24) is 9.97 Å². The van der Waals surface area contributed by atoms with E-state index in [2.05, 4.69) is 15.3 Å². The lowest BCUT2D eigenvalue weighted by molar-refractivity contribution is 0.415. The molecule has 0 aliphatic carbocycles. The summed E-state index contributed by atoms with van der Waals surface area (Å²) in [6, 6.07) is 6.19. The third-order valence-electron chi connectivity index (χ3n) is 2.34. The highest BCUT2D eigenvalue weighted by molar-refractivity contribution is 5.72. The topological polar surface area (TPSA) is 47.0 Å². The molecule has 0 aliphatic heterocycles. The molecule has 0 spiro atoms. The first-order valence-corrected chi connectivity index (χ1v) is 5.09. The van der Waals surface area contributed by atoms with Crippen LogP contribution < -0.4 is 10.1 Å². The highest BCUT2D eigenvalue weighted by atomic mass is 19.1. The van der Waals surface area contributed by atoms with E-state index in [9.17, 15) is 4.39 Å². The number of benzene rings is 1. The van der Waals surface area contributed by atoms with Gasteiger partial charge in [-0.1, -0.05) is 12.1 Å². The van der Waals surface area contributed by atoms with Gasteiger partial charge in [-0.3, -0.25) is 0 Å². The molecule has 0 unspecified atom stereocenters. The summed E-state index contributed by atoms with van der Waals surface area (Å²) < 4.78 is 18.4. The van der Waals surface area contributed by atoms with Gasteiger partial charge in [-0.15, -0.1) is 0 Å². The summed E-state index contributed by atoms with van der Waals surface area (Å²) in [7, 11) is 3.27. The normalized spacial score (nSPS) is 10.1. The smallest absolute Gasteiger partial charge is 0.187 e. The molecule has 5 heteroatoms. The molecule has 0 atom stereocenters. The van der Waals surface area contributed by atoms with Gasteiger partial charge in [-0.05, 0) is 12.1 Å². The Morgan fingerprint density at radius 1 is 1.29 bits per heavy atom. The molecule has 1 N–H and O–H groups in total. The fourth-order valence-corrected chi connectivity index (χ4v) is 1.59. The Morgan fingerprint density at radius 3 is 2.76 bits per heavy atom. The van der Waals surface area contributed by atoms with Gasteiger partial charge in [0.25, 0.3) is 0 Å². The zero-order valence-electron chi connectivity index (χ0n) is 9.57. The van der Waals surface area contributed by atoms with Crippen molar-refractivity contribution in [3.8, 4) is 17.0 Å². The lowest BCUT2D eigenvalue weighted by atomic mass is 10.1. The number of anilines is 1. The highest BCUT2D eigenvalue weighted by Gasteiger charge is 2.13. The number of methoxy groups -OCH3 is 1. The molecule has 2 rings (SSSR count). The molecule has 17 heavy (non-hydrogen) atoms. The fraction of sp³-hybridized carbons (Fsp3) is 0.167. The fourth-order valence-electron chi connectivity index (χ4n) is 1.59. The van der Waals surface area contributed by atoms with Gasteiger partial charge in [0.05, 0.1) is 7.11 Å². The number of ether oxygens (including phenoxy) is 1. The summed E-state index contributed by atoms with van der Waals surface area (Å²) in [6.45, 7) is 0. The van der Waals surface area contributed by atoms with E-state index in [0.717, 1.165) is 0 Å². The van der Waals surface area contributed by atoms with Crippen LogP contribution in [-0.4, -0.2) is 24.1 Å². The molecule has 1 aromatic heterocycles. The number of halogens is 1. The number of hydrogen-bond acceptors (Lipinski definition) is 4. The van der Waals surface area contributed by atoms with E-state index in [1.165, 1.54) is 25.6 Å². The van der Waals surface area contributed by atoms with Crippen LogP contribution in [0.1, 0.15) is 0 Å². The zero-order chi connectivity index (χ0) is 12.3. The van der Waals surface area contributed by atoms with Crippen molar-refractivity contribution >= 4 is 5.82 Å². The summed E-state index contributed by atoms with van der Waals surface area (Å²) in [5, 5.41) is 2.90. The highest BCUT2D eigenvalue weighted by Crippen LogP contribution is 2.32. The molecule has 0 amide bonds. The van der Waals surface area contributed by atoms with Crippen LogP contribution in [0.3, 0.4) is 0 Å². The van der Waals surface area contributed by atoms with E-state index < -0.39 is 0 Å². The first kappa shape index (κ1) is 11.3. The maximum atomic E-state index is 13.2. The van der Waals surface area contributed by atoms with Gasteiger partial charge in [0.2, 0.25) is 0 Å². The first-order valence-electron chi connectivity index (χ1n) is 5.09. The second-order valence-electron chi connectivity index (χ2n) is 3.36. The lowest BCUT2D eigenvalue weighted by Gasteiger charge is -2.11. The number of rotatable bonds is 3. The summed E-state index contributed by atoms with van der Waals surface area (Å²) in [4.78, 5) is 8.16. The summed E-state index contributed by atoms with van der Waals surface area (Å²) >= 11 is 0. The number of aromatic nitrogens is 2. The quantitative estimate of drug-likeness (QED) is 0.883. The van der Waals surface area contributed by atoms with Gasteiger partial charge < -0.3 is 10.1 Å². The minimum Gasteiger partial charge on any atom is -0.491 e. The molecule has 88 valence electrons. The Labute approximate surface area is 98.5 Å². The number of hydrogen-bond donors (Lipinski definition) is 1. The van der Waals surface area contributed by atoms with Crippen molar-refractivity contribution in [3.63, 3.8) is 0 Å². The predicted molar refractivity (Wildman–Crippen MR) is 63.5 cm³/mol. The second kappa shape index (κ2) is 4.78. The van der Waals surface area contributed by atoms with Gasteiger partial charge in [-0.2, -0.15) is 0 Å². The minimum absolute atomic E-state index is 0.311. The molecular weight excluding hydrogens is 221 g/mol. The van der Waals surface area contributed by atoms with Crippen LogP contribution in [0.25, 0.3) is 11.3 Å². The van der Waals surface area contributed by atoms with Crippen LogP contribution in [0.2, 0.25) is 0 Å². The maximum Gasteiger partial charge on any atom is 0.187 e. The van der Waals surface area contributed by atoms with Crippen LogP contribution in [0.15, 0.2) is 30.6 Å². The van der Waals surface area contributed by atoms with Crippen LogP contribution in [0.4, 0.5) is 10.2 Å². The van der Waals surface area contributed by atoms with E-state index in [-0.39, 0.29) is 5.82 Å². The van der Waals surface area contributed by atoms with Crippen molar-refractivity contribution in [2.75, 3.05) is 19.5 Å². The van der Waals surface area contributed by atoms with Crippen molar-refractivity contribution in [2.45, 2.75) is 0 Å². The Balaban J connectivity index is 2.59. The average Bonchev–Trinajstić information content (AvgIpc) is 2.37. The average molecular weight is 233 g/mol. The lowest BCUT2D eigenvalue weighted by Crippen LogP contribution is -2.00. The van der Waals surface area contributed by atoms with E-state index in [0.29, 0.717) is 22.8 Å². The molecule has 0 fully saturated rings. The maximum absolute atomic E-state index is 13.2. The third kappa shape index (κ3) is 2.18. The third-order valence-corrected chi connectivity index (χ3v) is 2.34. The first-order chi connectivity index (χ1) is 8.26. The molecule has 0 aliphatic rings.